The van der Waals surface area contributed by atoms with E-state index < -0.39 is 8.07 Å². The largest absolute Gasteiger partial charge is 0.378 e. The van der Waals surface area contributed by atoms with Gasteiger partial charge in [-0.3, -0.25) is 0 Å². The summed E-state index contributed by atoms with van der Waals surface area (Å²) in [6, 6.07) is 0. The molecular weight excluding hydrogens is 316 g/mol. The van der Waals surface area contributed by atoms with E-state index in [4.69, 9.17) is 35.2 Å². The van der Waals surface area contributed by atoms with Crippen molar-refractivity contribution in [3.63, 3.8) is 0 Å². The fourth-order valence-corrected chi connectivity index (χ4v) is 2.04. The molecule has 8 heteroatoms. The molecule has 0 radical (unpaired) electrons. The molecule has 0 spiro atoms. The summed E-state index contributed by atoms with van der Waals surface area (Å²) in [5.74, 6) is 0. The predicted octanol–water partition coefficient (Wildman–Crippen LogP) is 0.233. The normalized spacial score (nSPS) is 13.4. The van der Waals surface area contributed by atoms with Gasteiger partial charge in [0.1, 0.15) is 0 Å². The van der Waals surface area contributed by atoms with Crippen LogP contribution in [0.3, 0.4) is 0 Å². The Morgan fingerprint density at radius 2 is 1.00 bits per heavy atom. The lowest BCUT2D eigenvalue weighted by Gasteiger charge is -2.24. The van der Waals surface area contributed by atoms with Crippen LogP contribution in [0.25, 0.3) is 0 Å². The Balaban J connectivity index is 3.11. The van der Waals surface area contributed by atoms with Crippen LogP contribution in [0.5, 0.6) is 0 Å². The third kappa shape index (κ3) is 16.6. The maximum Gasteiger partial charge on any atom is 0.0701 e. The van der Waals surface area contributed by atoms with E-state index in [0.717, 1.165) is 0 Å². The molecule has 0 aromatic heterocycles. The number of rotatable bonds is 17. The molecule has 0 aliphatic carbocycles. The molecular formula is C15H36N2O5Si. The molecule has 0 saturated carbocycles. The minimum Gasteiger partial charge on any atom is -0.378 e. The van der Waals surface area contributed by atoms with Gasteiger partial charge in [0.25, 0.3) is 0 Å². The number of ether oxygens (including phenoxy) is 5. The lowest BCUT2D eigenvalue weighted by Crippen LogP contribution is -2.48. The molecule has 0 rings (SSSR count). The second-order valence-electron chi connectivity index (χ2n) is 6.29. The van der Waals surface area contributed by atoms with Gasteiger partial charge in [-0.1, -0.05) is 19.6 Å². The van der Waals surface area contributed by atoms with Crippen LogP contribution >= 0.6 is 0 Å². The van der Waals surface area contributed by atoms with Crippen LogP contribution in [0.1, 0.15) is 0 Å². The van der Waals surface area contributed by atoms with E-state index >= 15 is 0 Å². The van der Waals surface area contributed by atoms with Crippen molar-refractivity contribution in [1.29, 1.82) is 0 Å². The van der Waals surface area contributed by atoms with Crippen LogP contribution in [0.4, 0.5) is 0 Å². The van der Waals surface area contributed by atoms with Crippen molar-refractivity contribution in [1.82, 2.24) is 0 Å². The van der Waals surface area contributed by atoms with Crippen LogP contribution in [0.2, 0.25) is 19.6 Å². The van der Waals surface area contributed by atoms with E-state index in [-0.39, 0.29) is 5.67 Å². The van der Waals surface area contributed by atoms with E-state index in [1.807, 2.05) is 0 Å². The first kappa shape index (κ1) is 22.9. The minimum absolute atomic E-state index is 0.173. The van der Waals surface area contributed by atoms with Crippen molar-refractivity contribution in [2.24, 2.45) is 11.5 Å². The van der Waals surface area contributed by atoms with Gasteiger partial charge >= 0.3 is 0 Å². The molecule has 1 unspecified atom stereocenters. The average molecular weight is 353 g/mol. The fourth-order valence-electron chi connectivity index (χ4n) is 1.42. The molecule has 0 aliphatic heterocycles. The Labute approximate surface area is 141 Å². The van der Waals surface area contributed by atoms with Gasteiger partial charge in [-0.05, 0) is 0 Å². The molecule has 0 saturated heterocycles. The van der Waals surface area contributed by atoms with Crippen molar-refractivity contribution in [3.8, 4) is 0 Å². The predicted molar refractivity (Wildman–Crippen MR) is 94.5 cm³/mol. The molecule has 0 amide bonds. The van der Waals surface area contributed by atoms with Crippen LogP contribution in [0, 0.1) is 0 Å². The highest BCUT2D eigenvalue weighted by Gasteiger charge is 2.22. The molecule has 23 heavy (non-hydrogen) atoms. The first-order chi connectivity index (χ1) is 11.0. The number of hydrogen-bond acceptors (Lipinski definition) is 7. The topological polar surface area (TPSA) is 98.2 Å². The smallest absolute Gasteiger partial charge is 0.0701 e. The maximum absolute atomic E-state index is 6.06. The molecule has 0 aromatic carbocycles. The molecule has 140 valence electrons. The highest BCUT2D eigenvalue weighted by Crippen LogP contribution is 2.05. The molecule has 7 nitrogen and oxygen atoms in total. The highest BCUT2D eigenvalue weighted by atomic mass is 28.3. The van der Waals surface area contributed by atoms with Gasteiger partial charge in [0.15, 0.2) is 0 Å². The zero-order valence-electron chi connectivity index (χ0n) is 15.1. The Morgan fingerprint density at radius 1 is 0.652 bits per heavy atom. The molecule has 1 atom stereocenters. The third-order valence-electron chi connectivity index (χ3n) is 3.16. The molecule has 0 aliphatic rings. The average Bonchev–Trinajstić information content (AvgIpc) is 2.50. The zero-order valence-corrected chi connectivity index (χ0v) is 16.1. The van der Waals surface area contributed by atoms with E-state index in [9.17, 15) is 0 Å². The zero-order chi connectivity index (χ0) is 17.4. The van der Waals surface area contributed by atoms with E-state index in [0.29, 0.717) is 72.6 Å². The van der Waals surface area contributed by atoms with Crippen LogP contribution in [-0.2, 0) is 23.7 Å². The van der Waals surface area contributed by atoms with E-state index in [1.165, 1.54) is 0 Å². The van der Waals surface area contributed by atoms with Gasteiger partial charge in [0, 0.05) is 12.2 Å². The second kappa shape index (κ2) is 15.5. The van der Waals surface area contributed by atoms with Crippen molar-refractivity contribution in [2.75, 3.05) is 72.6 Å². The van der Waals surface area contributed by atoms with Crippen LogP contribution < -0.4 is 11.5 Å². The summed E-state index contributed by atoms with van der Waals surface area (Å²) in [6.45, 7) is 13.0. The molecule has 0 heterocycles. The maximum atomic E-state index is 6.06. The van der Waals surface area contributed by atoms with Gasteiger partial charge in [0.05, 0.1) is 74.1 Å². The van der Waals surface area contributed by atoms with Crippen LogP contribution in [-0.4, -0.2) is 86.4 Å². The van der Waals surface area contributed by atoms with Gasteiger partial charge < -0.3 is 35.2 Å². The van der Waals surface area contributed by atoms with Gasteiger partial charge in [-0.15, -0.1) is 0 Å². The summed E-state index contributed by atoms with van der Waals surface area (Å²) in [5, 5.41) is 0. The Kier molecular flexibility index (Phi) is 15.4. The monoisotopic (exact) mass is 352 g/mol. The molecule has 4 N–H and O–H groups in total. The van der Waals surface area contributed by atoms with Crippen molar-refractivity contribution >= 4 is 8.07 Å². The molecule has 0 aromatic rings. The van der Waals surface area contributed by atoms with E-state index in [2.05, 4.69) is 19.6 Å². The summed E-state index contributed by atoms with van der Waals surface area (Å²) in [5.41, 5.74) is 11.5. The van der Waals surface area contributed by atoms with Gasteiger partial charge in [-0.2, -0.15) is 0 Å². The third-order valence-corrected chi connectivity index (χ3v) is 5.55. The fraction of sp³-hybridized carbons (Fsp3) is 1.00. The number of hydrogen-bond donors (Lipinski definition) is 2. The highest BCUT2D eigenvalue weighted by molar-refractivity contribution is 6.77. The van der Waals surface area contributed by atoms with Gasteiger partial charge in [0.2, 0.25) is 0 Å². The van der Waals surface area contributed by atoms with Gasteiger partial charge in [-0.25, -0.2) is 0 Å². The lowest BCUT2D eigenvalue weighted by molar-refractivity contribution is -0.0105. The Bertz CT molecular complexity index is 255. The van der Waals surface area contributed by atoms with Crippen LogP contribution in [0.15, 0.2) is 0 Å². The summed E-state index contributed by atoms with van der Waals surface area (Å²) < 4.78 is 26.8. The Morgan fingerprint density at radius 3 is 1.35 bits per heavy atom. The first-order valence-electron chi connectivity index (χ1n) is 8.33. The summed E-state index contributed by atoms with van der Waals surface area (Å²) in [6.07, 6.45) is 0. The SMILES string of the molecule is C[Si](C)(C)C(N)COCCOCCOCCOCCOCCN. The summed E-state index contributed by atoms with van der Waals surface area (Å²) in [4.78, 5) is 0. The lowest BCUT2D eigenvalue weighted by atomic mass is 10.6. The molecule has 0 bridgehead atoms. The quantitative estimate of drug-likeness (QED) is 0.286. The standard InChI is InChI=1S/C15H36N2O5Si/c1-23(2,3)15(17)14-22-13-12-21-11-10-20-9-8-19-7-6-18-5-4-16/h15H,4-14,16-17H2,1-3H3. The summed E-state index contributed by atoms with van der Waals surface area (Å²) in [7, 11) is -1.30. The number of nitrogens with two attached hydrogens (primary N) is 2. The first-order valence-corrected chi connectivity index (χ1v) is 11.9. The van der Waals surface area contributed by atoms with Crippen molar-refractivity contribution in [3.05, 3.63) is 0 Å². The molecule has 0 fully saturated rings. The van der Waals surface area contributed by atoms with Crippen molar-refractivity contribution < 1.29 is 23.7 Å². The second-order valence-corrected chi connectivity index (χ2v) is 11.8. The van der Waals surface area contributed by atoms with E-state index in [1.54, 1.807) is 0 Å². The summed E-state index contributed by atoms with van der Waals surface area (Å²) >= 11 is 0. The Hall–Kier alpha value is -0.0631. The van der Waals surface area contributed by atoms with Crippen molar-refractivity contribution in [2.45, 2.75) is 25.3 Å². The minimum atomic E-state index is -1.30.